The molecule has 2 rings (SSSR count). The molecule has 1 heterocycles. The Balaban J connectivity index is 0. The predicted octanol–water partition coefficient (Wildman–Crippen LogP) is 6.69. The number of allylic oxidation sites excluding steroid dienone is 5. The van der Waals surface area contributed by atoms with E-state index in [0.717, 1.165) is 28.8 Å². The third-order valence-corrected chi connectivity index (χ3v) is 5.73. The molecule has 0 unspecified atom stereocenters. The van der Waals surface area contributed by atoms with Crippen molar-refractivity contribution in [1.29, 1.82) is 0 Å². The minimum atomic E-state index is -0.678. The van der Waals surface area contributed by atoms with Gasteiger partial charge in [0.1, 0.15) is 0 Å². The van der Waals surface area contributed by atoms with Crippen LogP contribution in [0.1, 0.15) is 48.0 Å². The summed E-state index contributed by atoms with van der Waals surface area (Å²) in [6.07, 6.45) is 6.54. The van der Waals surface area contributed by atoms with Crippen LogP contribution in [0.15, 0.2) is 77.5 Å². The SMILES string of the molecule is C=C(C)O[C@H]1C(=O)Nc2ccccc2S[C@H]1C(=C)/C=C\C(C)=C/C.CC.CCCN(C)C.CO. The van der Waals surface area contributed by atoms with Crippen molar-refractivity contribution in [3.8, 4) is 0 Å². The largest absolute Gasteiger partial charge is 0.484 e. The summed E-state index contributed by atoms with van der Waals surface area (Å²) in [7, 11) is 5.17. The molecule has 2 atom stereocenters. The van der Waals surface area contributed by atoms with Crippen LogP contribution in [-0.2, 0) is 9.53 Å². The number of para-hydroxylation sites is 1. The maximum absolute atomic E-state index is 12.7. The van der Waals surface area contributed by atoms with Crippen molar-refractivity contribution < 1.29 is 14.6 Å². The summed E-state index contributed by atoms with van der Waals surface area (Å²) in [5.74, 6) is 0.325. The first kappa shape index (κ1) is 33.9. The molecule has 0 bridgehead atoms. The minimum Gasteiger partial charge on any atom is -0.484 e. The van der Waals surface area contributed by atoms with Gasteiger partial charge >= 0.3 is 0 Å². The average molecular weight is 491 g/mol. The number of carbonyl (C=O) groups excluding carboxylic acids is 1. The van der Waals surface area contributed by atoms with E-state index in [1.807, 2.05) is 70.2 Å². The van der Waals surface area contributed by atoms with Crippen LogP contribution in [0.5, 0.6) is 0 Å². The lowest BCUT2D eigenvalue weighted by Gasteiger charge is -2.24. The molecule has 5 nitrogen and oxygen atoms in total. The van der Waals surface area contributed by atoms with E-state index in [1.54, 1.807) is 18.7 Å². The number of carbonyl (C=O) groups is 1. The first-order valence-electron chi connectivity index (χ1n) is 11.7. The van der Waals surface area contributed by atoms with Crippen LogP contribution < -0.4 is 5.32 Å². The second kappa shape index (κ2) is 20.1. The van der Waals surface area contributed by atoms with Crippen molar-refractivity contribution >= 4 is 23.4 Å². The van der Waals surface area contributed by atoms with Crippen molar-refractivity contribution in [2.75, 3.05) is 33.1 Å². The van der Waals surface area contributed by atoms with Gasteiger partial charge in [0.25, 0.3) is 5.91 Å². The Morgan fingerprint density at radius 2 is 1.76 bits per heavy atom. The highest BCUT2D eigenvalue weighted by atomic mass is 32.2. The number of anilines is 1. The fourth-order valence-electron chi connectivity index (χ4n) is 2.69. The Kier molecular flexibility index (Phi) is 20.1. The molecule has 192 valence electrons. The van der Waals surface area contributed by atoms with Gasteiger partial charge in [0, 0.05) is 12.0 Å². The average Bonchev–Trinajstić information content (AvgIpc) is 2.96. The maximum Gasteiger partial charge on any atom is 0.267 e. The van der Waals surface area contributed by atoms with Crippen LogP contribution in [0.4, 0.5) is 5.69 Å². The molecule has 6 heteroatoms. The number of ether oxygens (including phenoxy) is 1. The van der Waals surface area contributed by atoms with Crippen LogP contribution >= 0.6 is 11.8 Å². The predicted molar refractivity (Wildman–Crippen MR) is 150 cm³/mol. The van der Waals surface area contributed by atoms with E-state index >= 15 is 0 Å². The van der Waals surface area contributed by atoms with Gasteiger partial charge < -0.3 is 20.1 Å². The van der Waals surface area contributed by atoms with Crippen LogP contribution in [0.25, 0.3) is 0 Å². The molecule has 1 aliphatic rings. The van der Waals surface area contributed by atoms with E-state index in [-0.39, 0.29) is 11.2 Å². The van der Waals surface area contributed by atoms with Crippen LogP contribution in [0.2, 0.25) is 0 Å². The lowest BCUT2D eigenvalue weighted by molar-refractivity contribution is -0.124. The van der Waals surface area contributed by atoms with Crippen molar-refractivity contribution in [3.05, 3.63) is 72.6 Å². The number of hydrogen-bond acceptors (Lipinski definition) is 5. The molecule has 1 aliphatic heterocycles. The zero-order valence-corrected chi connectivity index (χ0v) is 23.5. The number of aliphatic hydroxyl groups is 1. The van der Waals surface area contributed by atoms with Crippen molar-refractivity contribution in [3.63, 3.8) is 0 Å². The van der Waals surface area contributed by atoms with Gasteiger partial charge in [-0.1, -0.05) is 69.9 Å². The molecule has 0 radical (unpaired) electrons. The summed E-state index contributed by atoms with van der Waals surface area (Å²) in [5.41, 5.74) is 2.77. The highest BCUT2D eigenvalue weighted by molar-refractivity contribution is 8.00. The fourth-order valence-corrected chi connectivity index (χ4v) is 3.90. The zero-order chi connectivity index (χ0) is 26.7. The van der Waals surface area contributed by atoms with E-state index in [0.29, 0.717) is 5.76 Å². The smallest absolute Gasteiger partial charge is 0.267 e. The van der Waals surface area contributed by atoms with Gasteiger partial charge in [-0.25, -0.2) is 0 Å². The Labute approximate surface area is 212 Å². The molecule has 34 heavy (non-hydrogen) atoms. The van der Waals surface area contributed by atoms with Gasteiger partial charge in [0.2, 0.25) is 0 Å². The maximum atomic E-state index is 12.7. The second-order valence-electron chi connectivity index (χ2n) is 7.51. The van der Waals surface area contributed by atoms with Crippen molar-refractivity contribution in [2.45, 2.75) is 64.2 Å². The van der Waals surface area contributed by atoms with E-state index in [9.17, 15) is 4.79 Å². The minimum absolute atomic E-state index is 0.183. The van der Waals surface area contributed by atoms with E-state index in [1.165, 1.54) is 13.0 Å². The van der Waals surface area contributed by atoms with E-state index in [2.05, 4.69) is 44.4 Å². The van der Waals surface area contributed by atoms with Gasteiger partial charge in [-0.15, -0.1) is 11.8 Å². The number of rotatable bonds is 7. The molecule has 0 aromatic heterocycles. The summed E-state index contributed by atoms with van der Waals surface area (Å²) in [4.78, 5) is 15.8. The molecule has 0 saturated carbocycles. The summed E-state index contributed by atoms with van der Waals surface area (Å²) in [6, 6.07) is 7.74. The lowest BCUT2D eigenvalue weighted by Crippen LogP contribution is -2.37. The molecule has 0 spiro atoms. The van der Waals surface area contributed by atoms with E-state index in [4.69, 9.17) is 9.84 Å². The molecule has 0 fully saturated rings. The molecular weight excluding hydrogens is 444 g/mol. The first-order valence-corrected chi connectivity index (χ1v) is 12.6. The Bertz CT molecular complexity index is 801. The molecular formula is C28H46N2O3S. The number of hydrogen-bond donors (Lipinski definition) is 2. The molecule has 0 aliphatic carbocycles. The third-order valence-electron chi connectivity index (χ3n) is 4.31. The van der Waals surface area contributed by atoms with E-state index < -0.39 is 6.10 Å². The summed E-state index contributed by atoms with van der Waals surface area (Å²) >= 11 is 1.58. The summed E-state index contributed by atoms with van der Waals surface area (Å²) in [6.45, 7) is 21.1. The quantitative estimate of drug-likeness (QED) is 0.329. The number of benzene rings is 1. The van der Waals surface area contributed by atoms with Crippen molar-refractivity contribution in [2.24, 2.45) is 0 Å². The number of nitrogens with zero attached hydrogens (tertiary/aromatic N) is 1. The number of fused-ring (bicyclic) bond motifs is 1. The normalized spacial score (nSPS) is 16.9. The number of amides is 1. The monoisotopic (exact) mass is 490 g/mol. The molecule has 1 aromatic rings. The van der Waals surface area contributed by atoms with Gasteiger partial charge in [0.15, 0.2) is 6.10 Å². The highest BCUT2D eigenvalue weighted by Gasteiger charge is 2.35. The molecule has 2 N–H and O–H groups in total. The van der Waals surface area contributed by atoms with Crippen molar-refractivity contribution in [1.82, 2.24) is 4.90 Å². The highest BCUT2D eigenvalue weighted by Crippen LogP contribution is 2.39. The molecule has 1 amide bonds. The van der Waals surface area contributed by atoms with Gasteiger partial charge in [-0.05, 0) is 65.5 Å². The number of aliphatic hydroxyl groups excluding tert-OH is 1. The van der Waals surface area contributed by atoms with Crippen LogP contribution in [-0.4, -0.2) is 55.0 Å². The lowest BCUT2D eigenvalue weighted by atomic mass is 10.1. The number of nitrogens with one attached hydrogen (secondary N) is 1. The Hall–Kier alpha value is -2.28. The van der Waals surface area contributed by atoms with Crippen LogP contribution in [0.3, 0.4) is 0 Å². The standard InChI is InChI=1S/C20H23NO2S.C5H13N.C2H6.CH4O/c1-6-14(4)11-12-15(5)19-18(23-13(2)3)20(22)21-16-9-7-8-10-17(16)24-19;1-4-5-6(2)3;2*1-2/h6-12,18-19H,2,5H2,1,3-4H3,(H,21,22);4-5H2,1-3H3;1-2H3;2H,1H3/b12-11-,14-6-;;;/t18-,19+;;;/m1.../s1. The molecule has 1 aromatic carbocycles. The second-order valence-corrected chi connectivity index (χ2v) is 8.69. The fraction of sp³-hybridized carbons (Fsp3) is 0.464. The van der Waals surface area contributed by atoms with Gasteiger partial charge in [-0.3, -0.25) is 4.79 Å². The number of thioether (sulfide) groups is 1. The summed E-state index contributed by atoms with van der Waals surface area (Å²) in [5, 5.41) is 9.71. The third kappa shape index (κ3) is 13.4. The Morgan fingerprint density at radius 3 is 2.24 bits per heavy atom. The van der Waals surface area contributed by atoms with Gasteiger partial charge in [-0.2, -0.15) is 0 Å². The summed E-state index contributed by atoms with van der Waals surface area (Å²) < 4.78 is 5.74. The van der Waals surface area contributed by atoms with Crippen LogP contribution in [0, 0.1) is 0 Å². The zero-order valence-electron chi connectivity index (χ0n) is 22.6. The first-order chi connectivity index (χ1) is 16.2. The topological polar surface area (TPSA) is 61.8 Å². The molecule has 0 saturated heterocycles. The van der Waals surface area contributed by atoms with Gasteiger partial charge in [0.05, 0.1) is 16.7 Å². The Morgan fingerprint density at radius 1 is 1.18 bits per heavy atom.